The summed E-state index contributed by atoms with van der Waals surface area (Å²) in [7, 11) is -2.63. The molecule has 10 heteroatoms. The minimum Gasteiger partial charge on any atom is -0.495 e. The van der Waals surface area contributed by atoms with Crippen molar-refractivity contribution in [1.82, 2.24) is 4.98 Å². The van der Waals surface area contributed by atoms with Gasteiger partial charge in [0.1, 0.15) is 20.5 Å². The van der Waals surface area contributed by atoms with Gasteiger partial charge in [0, 0.05) is 22.0 Å². The van der Waals surface area contributed by atoms with Crippen LogP contribution in [0.3, 0.4) is 0 Å². The molecule has 1 amide bonds. The number of nitrogens with zero attached hydrogens (tertiary/aromatic N) is 1. The van der Waals surface area contributed by atoms with Gasteiger partial charge in [-0.3, -0.25) is 9.52 Å². The first kappa shape index (κ1) is 22.8. The molecule has 1 aromatic heterocycles. The Bertz CT molecular complexity index is 1390. The highest BCUT2D eigenvalue weighted by Crippen LogP contribution is 2.30. The van der Waals surface area contributed by atoms with Crippen LogP contribution in [0.25, 0.3) is 10.6 Å². The number of anilines is 2. The number of ether oxygens (including phenoxy) is 1. The van der Waals surface area contributed by atoms with Crippen LogP contribution < -0.4 is 14.8 Å². The van der Waals surface area contributed by atoms with Gasteiger partial charge in [-0.2, -0.15) is 0 Å². The quantitative estimate of drug-likeness (QED) is 0.348. The van der Waals surface area contributed by atoms with E-state index in [1.165, 1.54) is 36.8 Å². The van der Waals surface area contributed by atoms with Gasteiger partial charge in [-0.15, -0.1) is 11.3 Å². The fourth-order valence-corrected chi connectivity index (χ4v) is 5.18. The second-order valence-electron chi connectivity index (χ2n) is 6.83. The zero-order valence-corrected chi connectivity index (χ0v) is 19.7. The maximum atomic E-state index is 13.0. The van der Waals surface area contributed by atoms with Crippen LogP contribution in [0.15, 0.2) is 83.9 Å². The summed E-state index contributed by atoms with van der Waals surface area (Å²) in [5, 5.41) is 3.92. The van der Waals surface area contributed by atoms with Crippen LogP contribution in [-0.4, -0.2) is 26.4 Å². The number of nitrogens with one attached hydrogen (secondary N) is 2. The smallest absolute Gasteiger partial charge is 0.267 e. The highest BCUT2D eigenvalue weighted by Gasteiger charge is 2.21. The number of sulfonamides is 1. The van der Waals surface area contributed by atoms with Gasteiger partial charge in [-0.1, -0.05) is 41.9 Å². The van der Waals surface area contributed by atoms with Crippen LogP contribution in [0.5, 0.6) is 5.75 Å². The Morgan fingerprint density at radius 1 is 1.00 bits per heavy atom. The maximum Gasteiger partial charge on any atom is 0.267 e. The van der Waals surface area contributed by atoms with Crippen molar-refractivity contribution in [2.75, 3.05) is 17.1 Å². The predicted octanol–water partition coefficient (Wildman–Crippen LogP) is 5.53. The third-order valence-corrected chi connectivity index (χ3v) is 7.26. The summed E-state index contributed by atoms with van der Waals surface area (Å²) in [6, 6.07) is 20.2. The van der Waals surface area contributed by atoms with Crippen molar-refractivity contribution in [1.29, 1.82) is 0 Å². The molecule has 0 aliphatic rings. The average Bonchev–Trinajstić information content (AvgIpc) is 3.32. The second kappa shape index (κ2) is 9.62. The molecule has 0 saturated carbocycles. The van der Waals surface area contributed by atoms with E-state index in [-0.39, 0.29) is 10.6 Å². The molecule has 0 aliphatic carbocycles. The van der Waals surface area contributed by atoms with E-state index in [0.29, 0.717) is 26.3 Å². The normalized spacial score (nSPS) is 11.1. The van der Waals surface area contributed by atoms with Crippen LogP contribution in [-0.2, 0) is 10.0 Å². The lowest BCUT2D eigenvalue weighted by molar-refractivity contribution is 0.103. The molecule has 0 saturated heterocycles. The topological polar surface area (TPSA) is 97.4 Å². The summed E-state index contributed by atoms with van der Waals surface area (Å²) in [5.41, 5.74) is 1.55. The molecule has 0 spiro atoms. The molecular formula is C23H18ClN3O4S2. The first-order chi connectivity index (χ1) is 15.9. The zero-order valence-electron chi connectivity index (χ0n) is 17.3. The highest BCUT2D eigenvalue weighted by molar-refractivity contribution is 7.92. The number of thiazole rings is 1. The number of methoxy groups -OCH3 is 1. The summed E-state index contributed by atoms with van der Waals surface area (Å²) in [6.45, 7) is 0. The summed E-state index contributed by atoms with van der Waals surface area (Å²) in [6.07, 6.45) is 1.49. The second-order valence-corrected chi connectivity index (χ2v) is 9.95. The predicted molar refractivity (Wildman–Crippen MR) is 131 cm³/mol. The minimum atomic E-state index is -4.00. The van der Waals surface area contributed by atoms with E-state index in [1.807, 2.05) is 30.3 Å². The summed E-state index contributed by atoms with van der Waals surface area (Å²) < 4.78 is 33.7. The molecular weight excluding hydrogens is 482 g/mol. The third kappa shape index (κ3) is 5.33. The van der Waals surface area contributed by atoms with Crippen molar-refractivity contribution < 1.29 is 17.9 Å². The summed E-state index contributed by atoms with van der Waals surface area (Å²) in [4.78, 5) is 17.3. The van der Waals surface area contributed by atoms with E-state index in [1.54, 1.807) is 30.3 Å². The van der Waals surface area contributed by atoms with Crippen LogP contribution in [0.1, 0.15) is 9.67 Å². The third-order valence-electron chi connectivity index (χ3n) is 4.56. The van der Waals surface area contributed by atoms with Gasteiger partial charge in [0.25, 0.3) is 15.9 Å². The van der Waals surface area contributed by atoms with Crippen LogP contribution in [0.2, 0.25) is 5.02 Å². The van der Waals surface area contributed by atoms with Gasteiger partial charge in [-0.05, 0) is 42.5 Å². The molecule has 0 atom stereocenters. The first-order valence-electron chi connectivity index (χ1n) is 9.65. The zero-order chi connectivity index (χ0) is 23.4. The molecule has 0 aliphatic heterocycles. The van der Waals surface area contributed by atoms with E-state index in [2.05, 4.69) is 15.0 Å². The van der Waals surface area contributed by atoms with E-state index in [4.69, 9.17) is 16.3 Å². The SMILES string of the molecule is COc1ccc(NC(=O)c2cnc(-c3ccccc3)s2)cc1S(=O)(=O)Nc1ccc(Cl)cc1. The number of hydrogen-bond acceptors (Lipinski definition) is 6. The number of amides is 1. The molecule has 2 N–H and O–H groups in total. The Labute approximate surface area is 200 Å². The van der Waals surface area contributed by atoms with E-state index < -0.39 is 15.9 Å². The lowest BCUT2D eigenvalue weighted by Crippen LogP contribution is -2.15. The van der Waals surface area contributed by atoms with Gasteiger partial charge in [0.2, 0.25) is 0 Å². The fourth-order valence-electron chi connectivity index (χ4n) is 2.98. The van der Waals surface area contributed by atoms with Gasteiger partial charge in [-0.25, -0.2) is 13.4 Å². The summed E-state index contributed by atoms with van der Waals surface area (Å²) >= 11 is 7.11. The van der Waals surface area contributed by atoms with Gasteiger partial charge < -0.3 is 10.1 Å². The number of carbonyl (C=O) groups is 1. The van der Waals surface area contributed by atoms with E-state index >= 15 is 0 Å². The van der Waals surface area contributed by atoms with Gasteiger partial charge in [0.05, 0.1) is 13.3 Å². The van der Waals surface area contributed by atoms with Crippen molar-refractivity contribution in [3.63, 3.8) is 0 Å². The molecule has 3 aromatic carbocycles. The lowest BCUT2D eigenvalue weighted by atomic mass is 10.2. The Morgan fingerprint density at radius 3 is 2.39 bits per heavy atom. The van der Waals surface area contributed by atoms with E-state index in [0.717, 1.165) is 5.56 Å². The molecule has 1 heterocycles. The van der Waals surface area contributed by atoms with Crippen molar-refractivity contribution in [3.8, 4) is 16.3 Å². The highest BCUT2D eigenvalue weighted by atomic mass is 35.5. The van der Waals surface area contributed by atoms with Crippen molar-refractivity contribution in [3.05, 3.63) is 88.9 Å². The molecule has 4 rings (SSSR count). The Morgan fingerprint density at radius 2 is 1.70 bits per heavy atom. The number of rotatable bonds is 7. The standard InChI is InChI=1S/C23H18ClN3O4S2/c1-31-19-12-11-18(13-21(19)33(29,30)27-17-9-7-16(24)8-10-17)26-22(28)20-14-25-23(32-20)15-5-3-2-4-6-15/h2-14,27H,1H3,(H,26,28). The van der Waals surface area contributed by atoms with Gasteiger partial charge in [0.15, 0.2) is 0 Å². The molecule has 168 valence electrons. The molecule has 0 fully saturated rings. The Hall–Kier alpha value is -3.40. The molecule has 0 radical (unpaired) electrons. The Balaban J connectivity index is 1.57. The average molecular weight is 500 g/mol. The largest absolute Gasteiger partial charge is 0.495 e. The molecule has 0 unspecified atom stereocenters. The number of halogens is 1. The molecule has 7 nitrogen and oxygen atoms in total. The molecule has 4 aromatic rings. The minimum absolute atomic E-state index is 0.118. The van der Waals surface area contributed by atoms with Crippen molar-refractivity contribution >= 4 is 50.2 Å². The molecule has 0 bridgehead atoms. The maximum absolute atomic E-state index is 13.0. The number of hydrogen-bond donors (Lipinski definition) is 2. The first-order valence-corrected chi connectivity index (χ1v) is 12.3. The van der Waals surface area contributed by atoms with E-state index in [9.17, 15) is 13.2 Å². The van der Waals surface area contributed by atoms with Crippen LogP contribution >= 0.6 is 22.9 Å². The monoisotopic (exact) mass is 499 g/mol. The van der Waals surface area contributed by atoms with Crippen molar-refractivity contribution in [2.45, 2.75) is 4.90 Å². The fraction of sp³-hybridized carbons (Fsp3) is 0.0435. The summed E-state index contributed by atoms with van der Waals surface area (Å²) in [5.74, 6) is -0.257. The number of aromatic nitrogens is 1. The van der Waals surface area contributed by atoms with Crippen molar-refractivity contribution in [2.24, 2.45) is 0 Å². The molecule has 33 heavy (non-hydrogen) atoms. The number of carbonyl (C=O) groups excluding carboxylic acids is 1. The van der Waals surface area contributed by atoms with Crippen LogP contribution in [0, 0.1) is 0 Å². The number of benzene rings is 3. The van der Waals surface area contributed by atoms with Crippen LogP contribution in [0.4, 0.5) is 11.4 Å². The lowest BCUT2D eigenvalue weighted by Gasteiger charge is -2.13. The van der Waals surface area contributed by atoms with Gasteiger partial charge >= 0.3 is 0 Å². The Kier molecular flexibility index (Phi) is 6.64.